The molecule has 1 aromatic carbocycles. The molecule has 3 nitrogen and oxygen atoms in total. The molecule has 0 saturated carbocycles. The zero-order valence-electron chi connectivity index (χ0n) is 13.0. The highest BCUT2D eigenvalue weighted by Crippen LogP contribution is 2.34. The number of likely N-dealkylation sites (tertiary alicyclic amines) is 1. The van der Waals surface area contributed by atoms with Crippen molar-refractivity contribution in [3.8, 4) is 5.75 Å². The Kier molecular flexibility index (Phi) is 4.02. The van der Waals surface area contributed by atoms with Crippen LogP contribution in [0, 0.1) is 0 Å². The zero-order chi connectivity index (χ0) is 15.6. The molecule has 0 aliphatic carbocycles. The molecular weight excluding hydrogens is 304 g/mol. The number of benzene rings is 1. The van der Waals surface area contributed by atoms with E-state index in [1.165, 1.54) is 37.2 Å². The molecule has 0 amide bonds. The Balaban J connectivity index is 1.84. The maximum atomic E-state index is 10.9. The van der Waals surface area contributed by atoms with Gasteiger partial charge in [-0.25, -0.2) is 0 Å². The van der Waals surface area contributed by atoms with Gasteiger partial charge in [-0.1, -0.05) is 18.2 Å². The molecule has 4 heteroatoms. The highest BCUT2D eigenvalue weighted by Gasteiger charge is 2.31. The topological polar surface area (TPSA) is 37.6 Å². The fraction of sp³-hybridized carbons (Fsp3) is 0.316. The molecule has 0 unspecified atom stereocenters. The largest absolute Gasteiger partial charge is 0.505 e. The van der Waals surface area contributed by atoms with Crippen LogP contribution in [0.1, 0.15) is 35.7 Å². The first-order valence-electron chi connectivity index (χ1n) is 8.29. The van der Waals surface area contributed by atoms with E-state index in [0.29, 0.717) is 11.3 Å². The van der Waals surface area contributed by atoms with E-state index < -0.39 is 0 Å². The normalized spacial score (nSPS) is 17.4. The molecule has 1 fully saturated rings. The first-order chi connectivity index (χ1) is 11.3. The molecule has 1 aliphatic rings. The van der Waals surface area contributed by atoms with E-state index in [1.807, 2.05) is 12.1 Å². The third kappa shape index (κ3) is 2.73. The molecule has 0 radical (unpaired) electrons. The van der Waals surface area contributed by atoms with E-state index in [2.05, 4.69) is 34.6 Å². The number of nitrogens with zero attached hydrogens (tertiary/aromatic N) is 1. The number of quaternary nitrogens is 1. The second-order valence-electron chi connectivity index (χ2n) is 6.25. The minimum Gasteiger partial charge on any atom is -0.505 e. The van der Waals surface area contributed by atoms with Gasteiger partial charge in [-0.3, -0.25) is 4.98 Å². The van der Waals surface area contributed by atoms with Crippen LogP contribution in [0.25, 0.3) is 10.9 Å². The van der Waals surface area contributed by atoms with Gasteiger partial charge in [-0.05, 0) is 42.8 Å². The molecule has 1 atom stereocenters. The lowest BCUT2D eigenvalue weighted by Gasteiger charge is -2.31. The van der Waals surface area contributed by atoms with Crippen LogP contribution in [-0.2, 0) is 0 Å². The van der Waals surface area contributed by atoms with Gasteiger partial charge in [0.15, 0.2) is 11.8 Å². The molecule has 0 bridgehead atoms. The lowest BCUT2D eigenvalue weighted by Crippen LogP contribution is -3.13. The molecule has 3 aromatic rings. The molecule has 4 rings (SSSR count). The van der Waals surface area contributed by atoms with E-state index in [-0.39, 0.29) is 6.04 Å². The van der Waals surface area contributed by atoms with E-state index in [4.69, 9.17) is 0 Å². The number of phenols is 1. The Bertz CT molecular complexity index is 794. The van der Waals surface area contributed by atoms with E-state index in [0.717, 1.165) is 10.9 Å². The number of pyridine rings is 1. The summed E-state index contributed by atoms with van der Waals surface area (Å²) in [6, 6.07) is 12.6. The number of aromatic nitrogens is 1. The molecular formula is C19H21N2OS+. The number of fused-ring (bicyclic) bond motifs is 1. The summed E-state index contributed by atoms with van der Waals surface area (Å²) < 4.78 is 0. The van der Waals surface area contributed by atoms with Gasteiger partial charge in [0, 0.05) is 11.6 Å². The summed E-state index contributed by atoms with van der Waals surface area (Å²) >= 11 is 1.78. The van der Waals surface area contributed by atoms with Gasteiger partial charge < -0.3 is 10.0 Å². The SMILES string of the molecule is Oc1c([C@@H](c2cccs2)[NH+]2CCCCC2)ccc2cccnc12. The summed E-state index contributed by atoms with van der Waals surface area (Å²) in [7, 11) is 0. The van der Waals surface area contributed by atoms with E-state index in [9.17, 15) is 5.11 Å². The molecule has 3 heterocycles. The average molecular weight is 325 g/mol. The van der Waals surface area contributed by atoms with Crippen LogP contribution in [0.5, 0.6) is 5.75 Å². The first-order valence-corrected chi connectivity index (χ1v) is 9.17. The number of rotatable bonds is 3. The van der Waals surface area contributed by atoms with Crippen molar-refractivity contribution in [2.75, 3.05) is 13.1 Å². The van der Waals surface area contributed by atoms with Crippen molar-refractivity contribution in [2.24, 2.45) is 0 Å². The summed E-state index contributed by atoms with van der Waals surface area (Å²) in [6.07, 6.45) is 5.61. The van der Waals surface area contributed by atoms with Gasteiger partial charge in [0.1, 0.15) is 5.52 Å². The quantitative estimate of drug-likeness (QED) is 0.776. The van der Waals surface area contributed by atoms with Gasteiger partial charge >= 0.3 is 0 Å². The van der Waals surface area contributed by atoms with Crippen LogP contribution >= 0.6 is 11.3 Å². The second-order valence-corrected chi connectivity index (χ2v) is 7.23. The van der Waals surface area contributed by atoms with E-state index in [1.54, 1.807) is 22.4 Å². The molecule has 2 aromatic heterocycles. The van der Waals surface area contributed by atoms with Crippen LogP contribution in [0.3, 0.4) is 0 Å². The summed E-state index contributed by atoms with van der Waals surface area (Å²) in [5.41, 5.74) is 1.72. The number of aromatic hydroxyl groups is 1. The van der Waals surface area contributed by atoms with Crippen molar-refractivity contribution in [3.63, 3.8) is 0 Å². The van der Waals surface area contributed by atoms with Gasteiger partial charge in [0.05, 0.1) is 23.5 Å². The zero-order valence-corrected chi connectivity index (χ0v) is 13.9. The maximum absolute atomic E-state index is 10.9. The number of nitrogens with one attached hydrogen (secondary N) is 1. The summed E-state index contributed by atoms with van der Waals surface area (Å²) in [5.74, 6) is 0.347. The number of phenolic OH excluding ortho intramolecular Hbond substituents is 1. The van der Waals surface area contributed by atoms with Gasteiger partial charge in [-0.2, -0.15) is 0 Å². The summed E-state index contributed by atoms with van der Waals surface area (Å²) in [6.45, 7) is 2.34. The molecule has 1 saturated heterocycles. The van der Waals surface area contributed by atoms with Crippen molar-refractivity contribution >= 4 is 22.2 Å². The fourth-order valence-corrected chi connectivity index (χ4v) is 4.60. The highest BCUT2D eigenvalue weighted by molar-refractivity contribution is 7.10. The number of thiophene rings is 1. The lowest BCUT2D eigenvalue weighted by molar-refractivity contribution is -0.929. The van der Waals surface area contributed by atoms with Crippen LogP contribution in [0.4, 0.5) is 0 Å². The lowest BCUT2D eigenvalue weighted by atomic mass is 9.98. The second kappa shape index (κ2) is 6.30. The molecule has 23 heavy (non-hydrogen) atoms. The highest BCUT2D eigenvalue weighted by atomic mass is 32.1. The summed E-state index contributed by atoms with van der Waals surface area (Å²) in [5, 5.41) is 14.0. The predicted octanol–water partition coefficient (Wildman–Crippen LogP) is 3.16. The smallest absolute Gasteiger partial charge is 0.152 e. The van der Waals surface area contributed by atoms with Crippen molar-refractivity contribution in [1.82, 2.24) is 4.98 Å². The fourth-order valence-electron chi connectivity index (χ4n) is 3.70. The Morgan fingerprint density at radius 1 is 1.04 bits per heavy atom. The Labute approximate surface area is 140 Å². The van der Waals surface area contributed by atoms with Gasteiger partial charge in [0.25, 0.3) is 0 Å². The van der Waals surface area contributed by atoms with Crippen molar-refractivity contribution in [2.45, 2.75) is 25.3 Å². The van der Waals surface area contributed by atoms with E-state index >= 15 is 0 Å². The molecule has 2 N–H and O–H groups in total. The standard InChI is InChI=1S/C19H20N2OS/c22-19-15(9-8-14-6-4-10-20-17(14)19)18(16-7-5-13-23-16)21-11-2-1-3-12-21/h4-10,13,18,22H,1-3,11-12H2/p+1/t18-/m0/s1. The first kappa shape index (κ1) is 14.7. The number of hydrogen-bond acceptors (Lipinski definition) is 3. The van der Waals surface area contributed by atoms with Crippen LogP contribution in [-0.4, -0.2) is 23.2 Å². The Hall–Kier alpha value is -1.91. The summed E-state index contributed by atoms with van der Waals surface area (Å²) in [4.78, 5) is 7.28. The van der Waals surface area contributed by atoms with Crippen molar-refractivity contribution in [3.05, 3.63) is 58.4 Å². The van der Waals surface area contributed by atoms with Gasteiger partial charge in [0.2, 0.25) is 0 Å². The number of hydrogen-bond donors (Lipinski definition) is 2. The Morgan fingerprint density at radius 3 is 2.70 bits per heavy atom. The monoisotopic (exact) mass is 325 g/mol. The maximum Gasteiger partial charge on any atom is 0.152 e. The van der Waals surface area contributed by atoms with Crippen LogP contribution in [0.2, 0.25) is 0 Å². The third-order valence-electron chi connectivity index (χ3n) is 4.82. The minimum absolute atomic E-state index is 0.210. The van der Waals surface area contributed by atoms with Crippen LogP contribution in [0.15, 0.2) is 48.0 Å². The minimum atomic E-state index is 0.210. The third-order valence-corrected chi connectivity index (χ3v) is 5.76. The number of piperidine rings is 1. The van der Waals surface area contributed by atoms with Crippen LogP contribution < -0.4 is 4.90 Å². The molecule has 118 valence electrons. The molecule has 1 aliphatic heterocycles. The molecule has 0 spiro atoms. The average Bonchev–Trinajstić information content (AvgIpc) is 3.13. The van der Waals surface area contributed by atoms with Gasteiger partial charge in [-0.15, -0.1) is 11.3 Å². The predicted molar refractivity (Wildman–Crippen MR) is 94.1 cm³/mol. The van der Waals surface area contributed by atoms with Crippen molar-refractivity contribution in [1.29, 1.82) is 0 Å². The Morgan fingerprint density at radius 2 is 1.91 bits per heavy atom. The van der Waals surface area contributed by atoms with Crippen molar-refractivity contribution < 1.29 is 10.0 Å².